The monoisotopic (exact) mass is 614 g/mol. The maximum Gasteiger partial charge on any atom is 0.300 e. The Morgan fingerprint density at radius 2 is 1.95 bits per heavy atom. The van der Waals surface area contributed by atoms with Crippen LogP contribution in [0.15, 0.2) is 35.4 Å². The summed E-state index contributed by atoms with van der Waals surface area (Å²) >= 11 is 1.28. The average Bonchev–Trinajstić information content (AvgIpc) is 3.75. The maximum absolute atomic E-state index is 14.3. The Labute approximate surface area is 251 Å². The predicted octanol–water partition coefficient (Wildman–Crippen LogP) is 3.71. The molecule has 0 N–H and O–H groups in total. The molecule has 0 saturated carbocycles. The van der Waals surface area contributed by atoms with Crippen molar-refractivity contribution in [3.05, 3.63) is 57.9 Å². The fourth-order valence-electron chi connectivity index (χ4n) is 5.23. The van der Waals surface area contributed by atoms with Crippen LogP contribution in [-0.2, 0) is 14.3 Å². The summed E-state index contributed by atoms with van der Waals surface area (Å²) in [6, 6.07) is 3.89. The first-order valence-corrected chi connectivity index (χ1v) is 14.8. The van der Waals surface area contributed by atoms with Crippen molar-refractivity contribution in [1.82, 2.24) is 29.4 Å². The lowest BCUT2D eigenvalue weighted by Crippen LogP contribution is -2.34. The zero-order chi connectivity index (χ0) is 30.7. The molecule has 43 heavy (non-hydrogen) atoms. The number of amides is 1. The van der Waals surface area contributed by atoms with Gasteiger partial charge in [0.15, 0.2) is 0 Å². The van der Waals surface area contributed by atoms with Crippen LogP contribution in [0.4, 0.5) is 4.39 Å². The number of carbonyl (C=O) groups is 1. The zero-order valence-corrected chi connectivity index (χ0v) is 25.6. The molecule has 0 unspecified atom stereocenters. The quantitative estimate of drug-likeness (QED) is 0.220. The van der Waals surface area contributed by atoms with Crippen LogP contribution in [-0.4, -0.2) is 82.5 Å². The first-order valence-electron chi connectivity index (χ1n) is 14.0. The minimum absolute atomic E-state index is 0.0237. The molecule has 0 radical (unpaired) electrons. The fraction of sp³-hybridized carbons (Fsp3) is 0.483. The molecule has 0 bridgehead atoms. The number of methoxy groups -OCH3 is 2. The Morgan fingerprint density at radius 1 is 1.19 bits per heavy atom. The summed E-state index contributed by atoms with van der Waals surface area (Å²) in [7, 11) is 3.05. The Hall–Kier alpha value is -3.88. The standard InChI is InChI=1S/C29H35FN6O6S/c1-17(2)26(37)34-11-8-20(15-34)35-27(38)24-18(3)28(36-31-9-10-32-36)43-25(24)33-29(35)42-16-23(41-13-12-39-4)21-14-19(30)6-7-22(21)40-5/h6-7,9-10,14,17,20,23H,8,11-13,15-16H2,1-5H3/t20-,23+/m1/s1. The number of benzene rings is 1. The van der Waals surface area contributed by atoms with Gasteiger partial charge in [-0.3, -0.25) is 14.2 Å². The molecule has 1 aliphatic heterocycles. The normalized spacial score (nSPS) is 15.9. The van der Waals surface area contributed by atoms with E-state index in [-0.39, 0.29) is 42.7 Å². The van der Waals surface area contributed by atoms with Crippen LogP contribution in [0.3, 0.4) is 0 Å². The smallest absolute Gasteiger partial charge is 0.300 e. The van der Waals surface area contributed by atoms with E-state index < -0.39 is 11.9 Å². The van der Waals surface area contributed by atoms with E-state index in [1.165, 1.54) is 46.0 Å². The highest BCUT2D eigenvalue weighted by molar-refractivity contribution is 7.21. The number of hydrogen-bond donors (Lipinski definition) is 0. The van der Waals surface area contributed by atoms with Crippen molar-refractivity contribution < 1.29 is 28.1 Å². The number of fused-ring (bicyclic) bond motifs is 1. The number of nitrogens with zero attached hydrogens (tertiary/aromatic N) is 6. The number of aryl methyl sites for hydroxylation is 1. The molecular weight excluding hydrogens is 579 g/mol. The summed E-state index contributed by atoms with van der Waals surface area (Å²) in [5.74, 6) is -0.170. The molecule has 1 aliphatic rings. The Kier molecular flexibility index (Phi) is 9.37. The van der Waals surface area contributed by atoms with Gasteiger partial charge in [-0.2, -0.15) is 15.2 Å². The summed E-state index contributed by atoms with van der Waals surface area (Å²) in [4.78, 5) is 35.5. The minimum atomic E-state index is -0.765. The topological polar surface area (TPSA) is 123 Å². The molecule has 4 heterocycles. The lowest BCUT2D eigenvalue weighted by Gasteiger charge is -2.23. The van der Waals surface area contributed by atoms with Gasteiger partial charge in [-0.05, 0) is 31.5 Å². The number of thiophene rings is 1. The molecule has 5 rings (SSSR count). The molecular formula is C29H35FN6O6S. The zero-order valence-electron chi connectivity index (χ0n) is 24.8. The molecule has 1 fully saturated rings. The van der Waals surface area contributed by atoms with E-state index in [9.17, 15) is 14.0 Å². The number of ether oxygens (including phenoxy) is 4. The molecule has 3 aromatic heterocycles. The van der Waals surface area contributed by atoms with E-state index in [1.807, 2.05) is 20.8 Å². The Bertz CT molecular complexity index is 1640. The van der Waals surface area contributed by atoms with Gasteiger partial charge in [0.2, 0.25) is 5.91 Å². The predicted molar refractivity (Wildman–Crippen MR) is 158 cm³/mol. The van der Waals surface area contributed by atoms with Gasteiger partial charge < -0.3 is 23.8 Å². The van der Waals surface area contributed by atoms with Gasteiger partial charge in [0.05, 0.1) is 44.1 Å². The van der Waals surface area contributed by atoms with Crippen LogP contribution in [0, 0.1) is 18.7 Å². The van der Waals surface area contributed by atoms with E-state index in [0.717, 1.165) is 0 Å². The molecule has 0 spiro atoms. The second-order valence-corrected chi connectivity index (χ2v) is 11.5. The largest absolute Gasteiger partial charge is 0.496 e. The number of rotatable bonds is 12. The van der Waals surface area contributed by atoms with Crippen LogP contribution >= 0.6 is 11.3 Å². The number of likely N-dealkylation sites (tertiary alicyclic amines) is 1. The van der Waals surface area contributed by atoms with Crippen LogP contribution in [0.25, 0.3) is 15.2 Å². The van der Waals surface area contributed by atoms with Crippen molar-refractivity contribution in [2.75, 3.05) is 47.1 Å². The SMILES string of the molecule is COCCO[C@@H](COc1nc2sc(-n3nccn3)c(C)c2c(=O)n1[C@@H]1CCN(C(=O)C(C)C)C1)c1cc(F)ccc1OC. The lowest BCUT2D eigenvalue weighted by molar-refractivity contribution is -0.133. The fourth-order valence-corrected chi connectivity index (χ4v) is 6.31. The van der Waals surface area contributed by atoms with Crippen molar-refractivity contribution in [3.63, 3.8) is 0 Å². The van der Waals surface area contributed by atoms with Crippen molar-refractivity contribution in [3.8, 4) is 16.8 Å². The van der Waals surface area contributed by atoms with Crippen molar-refractivity contribution >= 4 is 27.5 Å². The highest BCUT2D eigenvalue weighted by Crippen LogP contribution is 2.34. The molecule has 230 valence electrons. The van der Waals surface area contributed by atoms with Crippen molar-refractivity contribution in [1.29, 1.82) is 0 Å². The number of halogens is 1. The third-order valence-corrected chi connectivity index (χ3v) is 8.53. The third kappa shape index (κ3) is 6.26. The molecule has 14 heteroatoms. The van der Waals surface area contributed by atoms with Gasteiger partial charge in [0, 0.05) is 37.2 Å². The van der Waals surface area contributed by atoms with E-state index in [4.69, 9.17) is 23.9 Å². The van der Waals surface area contributed by atoms with Gasteiger partial charge in [0.1, 0.15) is 34.1 Å². The highest BCUT2D eigenvalue weighted by Gasteiger charge is 2.33. The van der Waals surface area contributed by atoms with Crippen LogP contribution in [0.5, 0.6) is 11.8 Å². The van der Waals surface area contributed by atoms with Gasteiger partial charge in [-0.1, -0.05) is 25.2 Å². The molecule has 1 amide bonds. The van der Waals surface area contributed by atoms with Crippen LogP contribution in [0.2, 0.25) is 0 Å². The summed E-state index contributed by atoms with van der Waals surface area (Å²) in [6.45, 7) is 6.84. The van der Waals surface area contributed by atoms with Crippen molar-refractivity contribution in [2.45, 2.75) is 39.3 Å². The second-order valence-electron chi connectivity index (χ2n) is 10.5. The summed E-state index contributed by atoms with van der Waals surface area (Å²) < 4.78 is 38.8. The molecule has 1 saturated heterocycles. The van der Waals surface area contributed by atoms with Gasteiger partial charge in [-0.15, -0.1) is 4.80 Å². The molecule has 2 atom stereocenters. The average molecular weight is 615 g/mol. The summed E-state index contributed by atoms with van der Waals surface area (Å²) in [5.41, 5.74) is 0.866. The first kappa shape index (κ1) is 30.6. The van der Waals surface area contributed by atoms with E-state index in [0.29, 0.717) is 58.2 Å². The highest BCUT2D eigenvalue weighted by atomic mass is 32.1. The van der Waals surface area contributed by atoms with Crippen LogP contribution < -0.4 is 15.0 Å². The lowest BCUT2D eigenvalue weighted by atomic mass is 10.1. The number of hydrogen-bond acceptors (Lipinski definition) is 10. The molecule has 0 aliphatic carbocycles. The van der Waals surface area contributed by atoms with Gasteiger partial charge in [-0.25, -0.2) is 4.39 Å². The van der Waals surface area contributed by atoms with E-state index in [2.05, 4.69) is 10.2 Å². The Morgan fingerprint density at radius 3 is 2.65 bits per heavy atom. The minimum Gasteiger partial charge on any atom is -0.496 e. The van der Waals surface area contributed by atoms with E-state index >= 15 is 0 Å². The van der Waals surface area contributed by atoms with Crippen molar-refractivity contribution in [2.24, 2.45) is 5.92 Å². The van der Waals surface area contributed by atoms with E-state index in [1.54, 1.807) is 24.4 Å². The van der Waals surface area contributed by atoms with Crippen LogP contribution in [0.1, 0.15) is 43.5 Å². The summed E-state index contributed by atoms with van der Waals surface area (Å²) in [5, 5.41) is 9.56. The first-order chi connectivity index (χ1) is 20.7. The summed E-state index contributed by atoms with van der Waals surface area (Å²) in [6.07, 6.45) is 2.92. The molecule has 12 nitrogen and oxygen atoms in total. The number of aromatic nitrogens is 5. The molecule has 1 aromatic carbocycles. The van der Waals surface area contributed by atoms with Gasteiger partial charge >= 0.3 is 6.01 Å². The van der Waals surface area contributed by atoms with Gasteiger partial charge in [0.25, 0.3) is 5.56 Å². The molecule has 4 aromatic rings. The third-order valence-electron chi connectivity index (χ3n) is 7.38. The maximum atomic E-state index is 14.3. The number of carbonyl (C=O) groups excluding carboxylic acids is 1. The Balaban J connectivity index is 1.56. The second kappa shape index (κ2) is 13.2.